The van der Waals surface area contributed by atoms with Gasteiger partial charge in [0.2, 0.25) is 0 Å². The van der Waals surface area contributed by atoms with Crippen molar-refractivity contribution >= 4 is 17.9 Å². The Kier molecular flexibility index (Phi) is 36.0. The maximum atomic E-state index is 12.6. The van der Waals surface area contributed by atoms with Gasteiger partial charge in [-0.2, -0.15) is 0 Å². The average Bonchev–Trinajstić information content (AvgIpc) is 3.06. The van der Waals surface area contributed by atoms with E-state index in [1.165, 1.54) is 128 Å². The molecule has 0 heterocycles. The highest BCUT2D eigenvalue weighted by Crippen LogP contribution is 2.15. The van der Waals surface area contributed by atoms with E-state index >= 15 is 0 Å². The van der Waals surface area contributed by atoms with Gasteiger partial charge in [-0.05, 0) is 19.3 Å². The van der Waals surface area contributed by atoms with Gasteiger partial charge in [0.05, 0.1) is 0 Å². The molecule has 0 aromatic carbocycles. The van der Waals surface area contributed by atoms with Crippen LogP contribution in [0, 0.1) is 0 Å². The second kappa shape index (κ2) is 37.2. The fourth-order valence-electron chi connectivity index (χ4n) is 5.97. The minimum atomic E-state index is -0.755. The third-order valence-corrected chi connectivity index (χ3v) is 9.11. The summed E-state index contributed by atoms with van der Waals surface area (Å²) in [7, 11) is 0. The summed E-state index contributed by atoms with van der Waals surface area (Å²) in [5.41, 5.74) is 0. The normalized spacial score (nSPS) is 11.8. The Morgan fingerprint density at radius 1 is 0.340 bits per heavy atom. The van der Waals surface area contributed by atoms with Gasteiger partial charge in [0.15, 0.2) is 6.10 Å². The van der Waals surface area contributed by atoms with Gasteiger partial charge in [-0.3, -0.25) is 14.4 Å². The van der Waals surface area contributed by atoms with Crippen molar-refractivity contribution in [2.45, 2.75) is 232 Å². The predicted molar refractivity (Wildman–Crippen MR) is 197 cm³/mol. The van der Waals surface area contributed by atoms with Gasteiger partial charge in [-0.1, -0.05) is 188 Å². The summed E-state index contributed by atoms with van der Waals surface area (Å²) in [4.78, 5) is 37.4. The summed E-state index contributed by atoms with van der Waals surface area (Å²) in [5, 5.41) is 0. The molecule has 47 heavy (non-hydrogen) atoms. The maximum absolute atomic E-state index is 12.6. The van der Waals surface area contributed by atoms with Crippen LogP contribution < -0.4 is 0 Å². The minimum absolute atomic E-state index is 0.0639. The van der Waals surface area contributed by atoms with E-state index in [9.17, 15) is 14.4 Å². The largest absolute Gasteiger partial charge is 0.462 e. The van der Waals surface area contributed by atoms with Crippen molar-refractivity contribution in [3.05, 3.63) is 0 Å². The molecule has 6 heteroatoms. The van der Waals surface area contributed by atoms with E-state index in [0.29, 0.717) is 19.3 Å². The summed E-state index contributed by atoms with van der Waals surface area (Å²) in [5.74, 6) is -0.866. The molecule has 0 bridgehead atoms. The van der Waals surface area contributed by atoms with Gasteiger partial charge < -0.3 is 14.2 Å². The van der Waals surface area contributed by atoms with E-state index in [1.54, 1.807) is 0 Å². The molecule has 0 spiro atoms. The van der Waals surface area contributed by atoms with Crippen LogP contribution in [0.4, 0.5) is 0 Å². The Hall–Kier alpha value is -1.59. The van der Waals surface area contributed by atoms with Gasteiger partial charge in [0, 0.05) is 19.3 Å². The van der Waals surface area contributed by atoms with Crippen LogP contribution in [0.1, 0.15) is 226 Å². The smallest absolute Gasteiger partial charge is 0.306 e. The molecule has 0 fully saturated rings. The molecule has 0 amide bonds. The fourth-order valence-corrected chi connectivity index (χ4v) is 5.97. The lowest BCUT2D eigenvalue weighted by Crippen LogP contribution is -2.30. The number of unbranched alkanes of at least 4 members (excludes halogenated alkanes) is 26. The minimum Gasteiger partial charge on any atom is -0.462 e. The van der Waals surface area contributed by atoms with E-state index in [0.717, 1.165) is 57.8 Å². The van der Waals surface area contributed by atoms with Crippen LogP contribution in [0.25, 0.3) is 0 Å². The predicted octanol–water partition coefficient (Wildman–Crippen LogP) is 12.5. The Bertz CT molecular complexity index is 693. The Morgan fingerprint density at radius 3 is 0.851 bits per heavy atom. The number of hydrogen-bond donors (Lipinski definition) is 0. The van der Waals surface area contributed by atoms with E-state index in [2.05, 4.69) is 20.8 Å². The van der Waals surface area contributed by atoms with Crippen molar-refractivity contribution in [1.82, 2.24) is 0 Å². The summed E-state index contributed by atoms with van der Waals surface area (Å²) in [6.45, 7) is 6.58. The van der Waals surface area contributed by atoms with Crippen LogP contribution in [-0.4, -0.2) is 37.2 Å². The Morgan fingerprint density at radius 2 is 0.574 bits per heavy atom. The number of esters is 3. The lowest BCUT2D eigenvalue weighted by Gasteiger charge is -2.18. The molecule has 1 atom stereocenters. The highest BCUT2D eigenvalue weighted by Gasteiger charge is 2.19. The monoisotopic (exact) mass is 667 g/mol. The highest BCUT2D eigenvalue weighted by molar-refractivity contribution is 5.71. The second-order valence-corrected chi connectivity index (χ2v) is 13.9. The first-order valence-corrected chi connectivity index (χ1v) is 20.5. The van der Waals surface area contributed by atoms with Crippen LogP contribution >= 0.6 is 0 Å². The Balaban J connectivity index is 4.31. The molecule has 0 aliphatic rings. The fraction of sp³-hybridized carbons (Fsp3) is 0.927. The number of ether oxygens (including phenoxy) is 3. The molecule has 0 aromatic rings. The first-order chi connectivity index (χ1) is 23.0. The van der Waals surface area contributed by atoms with Crippen molar-refractivity contribution in [2.24, 2.45) is 0 Å². The number of hydrogen-bond acceptors (Lipinski definition) is 6. The molecule has 1 unspecified atom stereocenters. The van der Waals surface area contributed by atoms with Gasteiger partial charge in [-0.15, -0.1) is 0 Å². The molecule has 0 rings (SSSR count). The molecule has 6 nitrogen and oxygen atoms in total. The van der Waals surface area contributed by atoms with Crippen LogP contribution in [-0.2, 0) is 28.6 Å². The number of carbonyl (C=O) groups is 3. The molecule has 0 aliphatic carbocycles. The number of carbonyl (C=O) groups excluding carboxylic acids is 3. The van der Waals surface area contributed by atoms with Crippen molar-refractivity contribution in [3.63, 3.8) is 0 Å². The average molecular weight is 667 g/mol. The molecule has 0 saturated heterocycles. The maximum Gasteiger partial charge on any atom is 0.306 e. The van der Waals surface area contributed by atoms with Crippen LogP contribution in [0.15, 0.2) is 0 Å². The summed E-state index contributed by atoms with van der Waals surface area (Å²) in [6.07, 6.45) is 35.2. The summed E-state index contributed by atoms with van der Waals surface area (Å²) >= 11 is 0. The quantitative estimate of drug-likeness (QED) is 0.0373. The first-order valence-electron chi connectivity index (χ1n) is 20.5. The first kappa shape index (κ1) is 45.4. The molecule has 0 radical (unpaired) electrons. The van der Waals surface area contributed by atoms with Gasteiger partial charge in [0.1, 0.15) is 13.2 Å². The van der Waals surface area contributed by atoms with E-state index < -0.39 is 6.10 Å². The van der Waals surface area contributed by atoms with Crippen molar-refractivity contribution in [3.8, 4) is 0 Å². The molecular formula is C41H78O6. The van der Waals surface area contributed by atoms with Crippen molar-refractivity contribution < 1.29 is 28.6 Å². The third kappa shape index (κ3) is 35.5. The standard InChI is InChI=1S/C41H78O6/c1-4-7-10-13-16-18-20-22-25-28-31-34-40(43)46-37-38(36-45-39(42)33-30-27-24-15-12-9-6-3)47-41(44)35-32-29-26-23-21-19-17-14-11-8-5-2/h38H,4-37H2,1-3H3. The van der Waals surface area contributed by atoms with E-state index in [1.807, 2.05) is 0 Å². The molecule has 0 aromatic heterocycles. The molecule has 0 N–H and O–H groups in total. The molecule has 0 aliphatic heterocycles. The number of rotatable bonds is 37. The van der Waals surface area contributed by atoms with Crippen molar-refractivity contribution in [2.75, 3.05) is 13.2 Å². The van der Waals surface area contributed by atoms with Gasteiger partial charge in [-0.25, -0.2) is 0 Å². The summed E-state index contributed by atoms with van der Waals surface area (Å²) < 4.78 is 16.6. The zero-order valence-corrected chi connectivity index (χ0v) is 31.6. The van der Waals surface area contributed by atoms with Crippen molar-refractivity contribution in [1.29, 1.82) is 0 Å². The van der Waals surface area contributed by atoms with Crippen LogP contribution in [0.2, 0.25) is 0 Å². The molecule has 278 valence electrons. The van der Waals surface area contributed by atoms with Gasteiger partial charge >= 0.3 is 17.9 Å². The molecule has 0 saturated carbocycles. The van der Waals surface area contributed by atoms with E-state index in [4.69, 9.17) is 14.2 Å². The summed E-state index contributed by atoms with van der Waals surface area (Å²) in [6, 6.07) is 0. The lowest BCUT2D eigenvalue weighted by atomic mass is 10.1. The highest BCUT2D eigenvalue weighted by atomic mass is 16.6. The Labute approximate surface area is 291 Å². The zero-order chi connectivity index (χ0) is 34.5. The van der Waals surface area contributed by atoms with Gasteiger partial charge in [0.25, 0.3) is 0 Å². The third-order valence-electron chi connectivity index (χ3n) is 9.11. The topological polar surface area (TPSA) is 78.9 Å². The van der Waals surface area contributed by atoms with Crippen LogP contribution in [0.3, 0.4) is 0 Å². The second-order valence-electron chi connectivity index (χ2n) is 13.9. The zero-order valence-electron chi connectivity index (χ0n) is 31.6. The lowest BCUT2D eigenvalue weighted by molar-refractivity contribution is -0.167. The van der Waals surface area contributed by atoms with Crippen LogP contribution in [0.5, 0.6) is 0 Å². The SMILES string of the molecule is CCCCCCCCCCCCCC(=O)OCC(COC(=O)CCCCCCCCC)OC(=O)CCCCCCCCCCCCC. The molecular weight excluding hydrogens is 588 g/mol. The van der Waals surface area contributed by atoms with E-state index in [-0.39, 0.29) is 31.1 Å².